The number of hydrogen-bond donors (Lipinski definition) is 1. The van der Waals surface area contributed by atoms with Gasteiger partial charge in [0.2, 0.25) is 0 Å². The van der Waals surface area contributed by atoms with Gasteiger partial charge in [0.15, 0.2) is 11.6 Å². The van der Waals surface area contributed by atoms with Crippen molar-refractivity contribution in [1.29, 1.82) is 0 Å². The molecule has 5 rings (SSSR count). The molecule has 1 aliphatic rings. The number of aryl methyl sites for hydroxylation is 1. The fourth-order valence-electron chi connectivity index (χ4n) is 5.09. The summed E-state index contributed by atoms with van der Waals surface area (Å²) in [5, 5.41) is 11.1. The van der Waals surface area contributed by atoms with Gasteiger partial charge in [0, 0.05) is 20.1 Å². The van der Waals surface area contributed by atoms with Crippen LogP contribution in [0.15, 0.2) is 77.6 Å². The lowest BCUT2D eigenvalue weighted by Gasteiger charge is -2.27. The summed E-state index contributed by atoms with van der Waals surface area (Å²) < 4.78 is 28.8. The highest BCUT2D eigenvalue weighted by Crippen LogP contribution is 2.26. The van der Waals surface area contributed by atoms with Gasteiger partial charge in [-0.2, -0.15) is 0 Å². The first-order valence-corrected chi connectivity index (χ1v) is 13.1. The van der Waals surface area contributed by atoms with Crippen LogP contribution in [-0.2, 0) is 20.1 Å². The summed E-state index contributed by atoms with van der Waals surface area (Å²) in [5.41, 5.74) is 1.96. The van der Waals surface area contributed by atoms with Gasteiger partial charge in [-0.3, -0.25) is 14.0 Å². The number of rotatable bonds is 9. The van der Waals surface area contributed by atoms with Gasteiger partial charge in [0.05, 0.1) is 23.2 Å². The second kappa shape index (κ2) is 11.4. The van der Waals surface area contributed by atoms with E-state index in [1.54, 1.807) is 34.4 Å². The minimum atomic E-state index is -0.971. The summed E-state index contributed by atoms with van der Waals surface area (Å²) in [6.07, 6.45) is 2.02. The maximum atomic E-state index is 13.9. The van der Waals surface area contributed by atoms with Crippen LogP contribution < -0.4 is 15.2 Å². The molecule has 0 amide bonds. The van der Waals surface area contributed by atoms with E-state index in [2.05, 4.69) is 17.0 Å². The van der Waals surface area contributed by atoms with E-state index in [9.17, 15) is 14.3 Å². The molecule has 3 aromatic carbocycles. The van der Waals surface area contributed by atoms with E-state index >= 15 is 0 Å². The molecule has 8 heteroatoms. The first kappa shape index (κ1) is 26.0. The fourth-order valence-corrected chi connectivity index (χ4v) is 5.09. The maximum absolute atomic E-state index is 13.9. The van der Waals surface area contributed by atoms with E-state index in [-0.39, 0.29) is 18.0 Å². The van der Waals surface area contributed by atoms with Crippen LogP contribution in [0.1, 0.15) is 24.8 Å². The molecule has 0 bridgehead atoms. The Morgan fingerprint density at radius 3 is 2.45 bits per heavy atom. The highest BCUT2D eigenvalue weighted by molar-refractivity contribution is 5.75. The molecule has 0 unspecified atom stereocenters. The molecule has 1 atom stereocenters. The van der Waals surface area contributed by atoms with Crippen LogP contribution in [0.4, 0.5) is 4.39 Å². The molecule has 2 heterocycles. The molecular weight excluding hydrogens is 485 g/mol. The van der Waals surface area contributed by atoms with E-state index in [4.69, 9.17) is 9.47 Å². The van der Waals surface area contributed by atoms with Crippen molar-refractivity contribution in [2.24, 2.45) is 7.05 Å². The predicted molar refractivity (Wildman–Crippen MR) is 145 cm³/mol. The number of aliphatic hydroxyl groups is 1. The van der Waals surface area contributed by atoms with Crippen LogP contribution in [0.5, 0.6) is 11.5 Å². The van der Waals surface area contributed by atoms with Gasteiger partial charge in [-0.15, -0.1) is 0 Å². The molecular formula is C30H34FN3O4. The average Bonchev–Trinajstić information content (AvgIpc) is 3.04. The summed E-state index contributed by atoms with van der Waals surface area (Å²) in [6, 6.07) is 22.1. The average molecular weight is 520 g/mol. The normalized spacial score (nSPS) is 18.4. The lowest BCUT2D eigenvalue weighted by atomic mass is 9.96. The van der Waals surface area contributed by atoms with Gasteiger partial charge >= 0.3 is 5.69 Å². The maximum Gasteiger partial charge on any atom is 0.328 e. The molecule has 0 saturated carbocycles. The van der Waals surface area contributed by atoms with Crippen LogP contribution >= 0.6 is 0 Å². The minimum Gasteiger partial charge on any atom is -0.492 e. The zero-order valence-electron chi connectivity index (χ0n) is 21.7. The van der Waals surface area contributed by atoms with Gasteiger partial charge in [-0.1, -0.05) is 36.4 Å². The zero-order chi connectivity index (χ0) is 26.5. The Kier molecular flexibility index (Phi) is 7.81. The lowest BCUT2D eigenvalue weighted by Crippen LogP contribution is -2.37. The quantitative estimate of drug-likeness (QED) is 0.356. The highest BCUT2D eigenvalue weighted by atomic mass is 19.1. The van der Waals surface area contributed by atoms with Gasteiger partial charge in [-0.25, -0.2) is 9.18 Å². The second-order valence-electron chi connectivity index (χ2n) is 10.0. The van der Waals surface area contributed by atoms with Crippen LogP contribution in [0.2, 0.25) is 0 Å². The van der Waals surface area contributed by atoms with Gasteiger partial charge < -0.3 is 14.6 Å². The van der Waals surface area contributed by atoms with Crippen LogP contribution in [0, 0.1) is 5.82 Å². The van der Waals surface area contributed by atoms with Crippen molar-refractivity contribution in [2.45, 2.75) is 38.0 Å². The number of benzene rings is 3. The molecule has 1 saturated heterocycles. The van der Waals surface area contributed by atoms with E-state index in [0.29, 0.717) is 26.0 Å². The number of para-hydroxylation sites is 3. The van der Waals surface area contributed by atoms with Gasteiger partial charge in [0.1, 0.15) is 19.0 Å². The number of ether oxygens (including phenoxy) is 2. The smallest absolute Gasteiger partial charge is 0.328 e. The number of hydrogen-bond acceptors (Lipinski definition) is 5. The topological polar surface area (TPSA) is 68.9 Å². The summed E-state index contributed by atoms with van der Waals surface area (Å²) in [7, 11) is 1.78. The number of aromatic nitrogens is 2. The third-order valence-corrected chi connectivity index (χ3v) is 7.31. The molecule has 38 heavy (non-hydrogen) atoms. The van der Waals surface area contributed by atoms with Crippen molar-refractivity contribution in [3.8, 4) is 11.5 Å². The standard InChI is InChI=1S/C30H34FN3O4/c1-32-26-8-3-4-9-27(26)34(29(32)35)19-20-37-24-13-11-23(12-14-24)21-33-17-6-15-30(36,16-18-33)22-38-28-10-5-2-7-25(28)31/h2-5,7-14,36H,6,15-22H2,1H3/t30-/m1/s1. The Bertz CT molecular complexity index is 1430. The monoisotopic (exact) mass is 519 g/mol. The van der Waals surface area contributed by atoms with Gasteiger partial charge in [-0.05, 0) is 67.8 Å². The van der Waals surface area contributed by atoms with Gasteiger partial charge in [0.25, 0.3) is 0 Å². The Labute approximate surface area is 221 Å². The van der Waals surface area contributed by atoms with Crippen LogP contribution in [0.25, 0.3) is 11.0 Å². The molecule has 1 fully saturated rings. The predicted octanol–water partition coefficient (Wildman–Crippen LogP) is 4.35. The minimum absolute atomic E-state index is 0.0479. The number of fused-ring (bicyclic) bond motifs is 1. The number of imidazole rings is 1. The van der Waals surface area contributed by atoms with Crippen molar-refractivity contribution in [3.05, 3.63) is 94.7 Å². The first-order chi connectivity index (χ1) is 18.4. The van der Waals surface area contributed by atoms with Crippen molar-refractivity contribution in [3.63, 3.8) is 0 Å². The van der Waals surface area contributed by atoms with E-state index in [1.807, 2.05) is 36.4 Å². The Balaban J connectivity index is 1.11. The third-order valence-electron chi connectivity index (χ3n) is 7.31. The second-order valence-corrected chi connectivity index (χ2v) is 10.0. The number of nitrogens with zero attached hydrogens (tertiary/aromatic N) is 3. The van der Waals surface area contributed by atoms with E-state index in [1.165, 1.54) is 6.07 Å². The van der Waals surface area contributed by atoms with Crippen LogP contribution in [-0.4, -0.2) is 51.0 Å². The molecule has 4 aromatic rings. The lowest BCUT2D eigenvalue weighted by molar-refractivity contribution is -0.0177. The first-order valence-electron chi connectivity index (χ1n) is 13.1. The van der Waals surface area contributed by atoms with Crippen molar-refractivity contribution in [2.75, 3.05) is 26.3 Å². The Morgan fingerprint density at radius 2 is 1.66 bits per heavy atom. The fraction of sp³-hybridized carbons (Fsp3) is 0.367. The van der Waals surface area contributed by atoms with Crippen LogP contribution in [0.3, 0.4) is 0 Å². The van der Waals surface area contributed by atoms with Crippen molar-refractivity contribution in [1.82, 2.24) is 14.0 Å². The molecule has 0 spiro atoms. The van der Waals surface area contributed by atoms with E-state index in [0.717, 1.165) is 48.4 Å². The molecule has 1 aromatic heterocycles. The van der Waals surface area contributed by atoms with E-state index < -0.39 is 11.4 Å². The number of likely N-dealkylation sites (tertiary alicyclic amines) is 1. The van der Waals surface area contributed by atoms with Crippen molar-refractivity contribution < 1.29 is 19.0 Å². The highest BCUT2D eigenvalue weighted by Gasteiger charge is 2.31. The summed E-state index contributed by atoms with van der Waals surface area (Å²) >= 11 is 0. The Hall–Kier alpha value is -3.62. The van der Waals surface area contributed by atoms with Crippen molar-refractivity contribution >= 4 is 11.0 Å². The third kappa shape index (κ3) is 5.92. The molecule has 1 N–H and O–H groups in total. The molecule has 200 valence electrons. The molecule has 7 nitrogen and oxygen atoms in total. The Morgan fingerprint density at radius 1 is 0.921 bits per heavy atom. The largest absolute Gasteiger partial charge is 0.492 e. The number of halogens is 1. The SMILES string of the molecule is Cn1c(=O)n(CCOc2ccc(CN3CCC[C@](O)(COc4ccccc4F)CC3)cc2)c2ccccc21. The summed E-state index contributed by atoms with van der Waals surface area (Å²) in [4.78, 5) is 14.9. The molecule has 0 radical (unpaired) electrons. The molecule has 1 aliphatic heterocycles. The summed E-state index contributed by atoms with van der Waals surface area (Å²) in [5.74, 6) is 0.521. The molecule has 0 aliphatic carbocycles. The summed E-state index contributed by atoms with van der Waals surface area (Å²) in [6.45, 7) is 3.33. The zero-order valence-corrected chi connectivity index (χ0v) is 21.7.